The molecule has 94 valence electrons. The maximum absolute atomic E-state index is 4.26. The molecular weight excluding hydrogens is 230 g/mol. The molecule has 0 aromatic carbocycles. The quantitative estimate of drug-likeness (QED) is 0.657. The summed E-state index contributed by atoms with van der Waals surface area (Å²) in [5, 5.41) is 4.47. The summed E-state index contributed by atoms with van der Waals surface area (Å²) in [7, 11) is 0. The van der Waals surface area contributed by atoms with Crippen LogP contribution in [0, 0.1) is 11.8 Å². The Morgan fingerprint density at radius 3 is 3.06 bits per heavy atom. The van der Waals surface area contributed by atoms with Crippen LogP contribution in [-0.4, -0.2) is 22.8 Å². The van der Waals surface area contributed by atoms with Crippen LogP contribution >= 0.6 is 11.8 Å². The number of aromatic nitrogens is 2. The highest BCUT2D eigenvalue weighted by molar-refractivity contribution is 7.98. The monoisotopic (exact) mass is 251 g/mol. The molecule has 1 saturated carbocycles. The smallest absolute Gasteiger partial charge is 0.130 e. The molecule has 0 spiro atoms. The second-order valence-electron chi connectivity index (χ2n) is 4.96. The van der Waals surface area contributed by atoms with E-state index in [0.29, 0.717) is 0 Å². The normalized spacial score (nSPS) is 24.6. The Kier molecular flexibility index (Phi) is 4.66. The van der Waals surface area contributed by atoms with Crippen molar-refractivity contribution in [3.8, 4) is 0 Å². The lowest BCUT2D eigenvalue weighted by atomic mass is 9.82. The maximum Gasteiger partial charge on any atom is 0.130 e. The highest BCUT2D eigenvalue weighted by atomic mass is 32.2. The van der Waals surface area contributed by atoms with E-state index in [1.54, 1.807) is 18.1 Å². The number of nitrogens with zero attached hydrogens (tertiary/aromatic N) is 2. The standard InChI is InChI=1S/C13H21N3S/c1-10-4-3-5-11(6-10)8-14-12-7-13(17-2)16-9-15-12/h7,9-11H,3-6,8H2,1-2H3,(H,14,15,16). The molecule has 1 aromatic heterocycles. The van der Waals surface area contributed by atoms with Gasteiger partial charge in [-0.1, -0.05) is 19.8 Å². The predicted octanol–water partition coefficient (Wildman–Crippen LogP) is 3.44. The van der Waals surface area contributed by atoms with Gasteiger partial charge in [-0.15, -0.1) is 11.8 Å². The molecule has 1 N–H and O–H groups in total. The van der Waals surface area contributed by atoms with Crippen LogP contribution in [0.15, 0.2) is 17.4 Å². The molecule has 4 heteroatoms. The maximum atomic E-state index is 4.26. The van der Waals surface area contributed by atoms with Gasteiger partial charge in [0.05, 0.1) is 0 Å². The Morgan fingerprint density at radius 2 is 2.29 bits per heavy atom. The third-order valence-electron chi connectivity index (χ3n) is 3.47. The largest absolute Gasteiger partial charge is 0.370 e. The van der Waals surface area contributed by atoms with Crippen molar-refractivity contribution in [1.29, 1.82) is 0 Å². The lowest BCUT2D eigenvalue weighted by molar-refractivity contribution is 0.293. The summed E-state index contributed by atoms with van der Waals surface area (Å²) < 4.78 is 0. The van der Waals surface area contributed by atoms with Crippen LogP contribution < -0.4 is 5.32 Å². The van der Waals surface area contributed by atoms with Gasteiger partial charge in [-0.2, -0.15) is 0 Å². The van der Waals surface area contributed by atoms with Crippen molar-refractivity contribution in [1.82, 2.24) is 9.97 Å². The average molecular weight is 251 g/mol. The first-order valence-electron chi connectivity index (χ1n) is 6.38. The zero-order valence-corrected chi connectivity index (χ0v) is 11.5. The summed E-state index contributed by atoms with van der Waals surface area (Å²) >= 11 is 1.65. The molecule has 1 heterocycles. The topological polar surface area (TPSA) is 37.8 Å². The van der Waals surface area contributed by atoms with Gasteiger partial charge >= 0.3 is 0 Å². The van der Waals surface area contributed by atoms with Crippen molar-refractivity contribution in [2.45, 2.75) is 37.6 Å². The molecule has 2 rings (SSSR count). The van der Waals surface area contributed by atoms with E-state index in [-0.39, 0.29) is 0 Å². The van der Waals surface area contributed by atoms with Crippen LogP contribution in [0.5, 0.6) is 0 Å². The van der Waals surface area contributed by atoms with Crippen LogP contribution in [0.2, 0.25) is 0 Å². The van der Waals surface area contributed by atoms with Gasteiger partial charge in [0.2, 0.25) is 0 Å². The van der Waals surface area contributed by atoms with Crippen LogP contribution in [-0.2, 0) is 0 Å². The summed E-state index contributed by atoms with van der Waals surface area (Å²) in [4.78, 5) is 8.43. The second kappa shape index (κ2) is 6.24. The predicted molar refractivity (Wildman–Crippen MR) is 73.4 cm³/mol. The van der Waals surface area contributed by atoms with E-state index in [2.05, 4.69) is 22.2 Å². The van der Waals surface area contributed by atoms with E-state index in [4.69, 9.17) is 0 Å². The van der Waals surface area contributed by atoms with Gasteiger partial charge in [-0.05, 0) is 30.9 Å². The molecule has 0 amide bonds. The van der Waals surface area contributed by atoms with E-state index < -0.39 is 0 Å². The third kappa shape index (κ3) is 3.87. The summed E-state index contributed by atoms with van der Waals surface area (Å²) in [5.41, 5.74) is 0. The Balaban J connectivity index is 1.84. The number of anilines is 1. The van der Waals surface area contributed by atoms with Gasteiger partial charge in [0.1, 0.15) is 17.2 Å². The number of thioether (sulfide) groups is 1. The Morgan fingerprint density at radius 1 is 1.41 bits per heavy atom. The SMILES string of the molecule is CSc1cc(NCC2CCCC(C)C2)ncn1. The molecule has 0 radical (unpaired) electrons. The summed E-state index contributed by atoms with van der Waals surface area (Å²) in [6.07, 6.45) is 9.17. The highest BCUT2D eigenvalue weighted by Crippen LogP contribution is 2.28. The van der Waals surface area contributed by atoms with E-state index in [0.717, 1.165) is 29.2 Å². The van der Waals surface area contributed by atoms with Crippen molar-refractivity contribution in [2.24, 2.45) is 11.8 Å². The first kappa shape index (κ1) is 12.7. The number of hydrogen-bond donors (Lipinski definition) is 1. The van der Waals surface area contributed by atoms with Crippen LogP contribution in [0.1, 0.15) is 32.6 Å². The second-order valence-corrected chi connectivity index (χ2v) is 5.79. The molecule has 2 unspecified atom stereocenters. The molecule has 1 aromatic rings. The lowest BCUT2D eigenvalue weighted by Crippen LogP contribution is -2.21. The Hall–Kier alpha value is -0.770. The zero-order chi connectivity index (χ0) is 12.1. The zero-order valence-electron chi connectivity index (χ0n) is 10.6. The molecule has 17 heavy (non-hydrogen) atoms. The van der Waals surface area contributed by atoms with Crippen molar-refractivity contribution >= 4 is 17.6 Å². The van der Waals surface area contributed by atoms with Gasteiger partial charge in [-0.3, -0.25) is 0 Å². The first-order valence-corrected chi connectivity index (χ1v) is 7.60. The van der Waals surface area contributed by atoms with E-state index in [1.165, 1.54) is 25.7 Å². The molecule has 0 saturated heterocycles. The summed E-state index contributed by atoms with van der Waals surface area (Å²) in [5.74, 6) is 2.66. The van der Waals surface area contributed by atoms with Gasteiger partial charge in [0.15, 0.2) is 0 Å². The van der Waals surface area contributed by atoms with Crippen LogP contribution in [0.4, 0.5) is 5.82 Å². The highest BCUT2D eigenvalue weighted by Gasteiger charge is 2.18. The Bertz CT molecular complexity index is 356. The molecule has 3 nitrogen and oxygen atoms in total. The fourth-order valence-corrected chi connectivity index (χ4v) is 2.92. The van der Waals surface area contributed by atoms with Gasteiger partial charge in [0, 0.05) is 12.6 Å². The van der Waals surface area contributed by atoms with Gasteiger partial charge < -0.3 is 5.32 Å². The van der Waals surface area contributed by atoms with E-state index in [1.807, 2.05) is 12.3 Å². The van der Waals surface area contributed by atoms with Crippen molar-refractivity contribution in [3.05, 3.63) is 12.4 Å². The fourth-order valence-electron chi connectivity index (χ4n) is 2.54. The molecule has 1 aliphatic carbocycles. The number of hydrogen-bond acceptors (Lipinski definition) is 4. The number of rotatable bonds is 4. The van der Waals surface area contributed by atoms with E-state index in [9.17, 15) is 0 Å². The molecule has 2 atom stereocenters. The van der Waals surface area contributed by atoms with Crippen LogP contribution in [0.25, 0.3) is 0 Å². The average Bonchev–Trinajstić information content (AvgIpc) is 2.37. The molecular formula is C13H21N3S. The Labute approximate surface area is 108 Å². The fraction of sp³-hybridized carbons (Fsp3) is 0.692. The third-order valence-corrected chi connectivity index (χ3v) is 4.11. The van der Waals surface area contributed by atoms with Crippen molar-refractivity contribution in [2.75, 3.05) is 18.1 Å². The minimum atomic E-state index is 0.812. The molecule has 1 fully saturated rings. The van der Waals surface area contributed by atoms with Crippen molar-refractivity contribution < 1.29 is 0 Å². The van der Waals surface area contributed by atoms with Gasteiger partial charge in [-0.25, -0.2) is 9.97 Å². The number of nitrogens with one attached hydrogen (secondary N) is 1. The summed E-state index contributed by atoms with van der Waals surface area (Å²) in [6.45, 7) is 3.41. The molecule has 0 aliphatic heterocycles. The van der Waals surface area contributed by atoms with Crippen molar-refractivity contribution in [3.63, 3.8) is 0 Å². The van der Waals surface area contributed by atoms with Crippen LogP contribution in [0.3, 0.4) is 0 Å². The first-order chi connectivity index (χ1) is 8.28. The minimum absolute atomic E-state index is 0.812. The minimum Gasteiger partial charge on any atom is -0.370 e. The summed E-state index contributed by atoms with van der Waals surface area (Å²) in [6, 6.07) is 2.02. The lowest BCUT2D eigenvalue weighted by Gasteiger charge is -2.26. The molecule has 1 aliphatic rings. The van der Waals surface area contributed by atoms with E-state index >= 15 is 0 Å². The van der Waals surface area contributed by atoms with Gasteiger partial charge in [0.25, 0.3) is 0 Å². The molecule has 0 bridgehead atoms.